The third kappa shape index (κ3) is 2.39. The fraction of sp³-hybridized carbons (Fsp3) is 0.400. The zero-order valence-corrected chi connectivity index (χ0v) is 11.9. The van der Waals surface area contributed by atoms with E-state index in [9.17, 15) is 0 Å². The number of ether oxygens (including phenoxy) is 3. The average Bonchev–Trinajstić information content (AvgIpc) is 2.28. The van der Waals surface area contributed by atoms with E-state index in [0.29, 0.717) is 16.8 Å². The van der Waals surface area contributed by atoms with Gasteiger partial charge >= 0.3 is 0 Å². The van der Waals surface area contributed by atoms with Gasteiger partial charge < -0.3 is 14.2 Å². The third-order valence-corrected chi connectivity index (χ3v) is 3.45. The molecule has 0 fully saturated rings. The first-order valence-corrected chi connectivity index (χ1v) is 6.14. The maximum atomic E-state index is 5.30. The highest BCUT2D eigenvalue weighted by molar-refractivity contribution is 9.11. The second-order valence-corrected chi connectivity index (χ2v) is 4.09. The predicted octanol–water partition coefficient (Wildman–Crippen LogP) is 3.37. The van der Waals surface area contributed by atoms with E-state index < -0.39 is 0 Å². The Morgan fingerprint density at radius 1 is 1.07 bits per heavy atom. The molecule has 84 valence electrons. The van der Waals surface area contributed by atoms with Gasteiger partial charge in [0.05, 0.1) is 25.8 Å². The molecule has 0 atom stereocenters. The van der Waals surface area contributed by atoms with E-state index in [2.05, 4.69) is 31.9 Å². The Morgan fingerprint density at radius 2 is 1.67 bits per heavy atom. The summed E-state index contributed by atoms with van der Waals surface area (Å²) in [4.78, 5) is 0. The molecule has 0 spiro atoms. The van der Waals surface area contributed by atoms with E-state index in [-0.39, 0.29) is 0 Å². The fourth-order valence-corrected chi connectivity index (χ4v) is 2.80. The van der Waals surface area contributed by atoms with Crippen LogP contribution in [0.4, 0.5) is 0 Å². The second kappa shape index (κ2) is 5.61. The fourth-order valence-electron chi connectivity index (χ4n) is 1.29. The highest BCUT2D eigenvalue weighted by Crippen LogP contribution is 2.43. The monoisotopic (exact) mass is 338 g/mol. The number of hydrogen-bond donors (Lipinski definition) is 0. The van der Waals surface area contributed by atoms with Gasteiger partial charge in [0.25, 0.3) is 0 Å². The van der Waals surface area contributed by atoms with Crippen molar-refractivity contribution < 1.29 is 14.2 Å². The molecule has 1 aromatic carbocycles. The van der Waals surface area contributed by atoms with Gasteiger partial charge in [-0.1, -0.05) is 15.9 Å². The molecule has 0 aromatic heterocycles. The Balaban J connectivity index is 3.43. The molecule has 0 radical (unpaired) electrons. The number of methoxy groups -OCH3 is 3. The van der Waals surface area contributed by atoms with Gasteiger partial charge in [-0.25, -0.2) is 0 Å². The van der Waals surface area contributed by atoms with Gasteiger partial charge in [-0.05, 0) is 15.9 Å². The van der Waals surface area contributed by atoms with Gasteiger partial charge in [0, 0.05) is 17.0 Å². The van der Waals surface area contributed by atoms with Crippen LogP contribution in [0.15, 0.2) is 10.5 Å². The zero-order valence-electron chi connectivity index (χ0n) is 8.77. The summed E-state index contributed by atoms with van der Waals surface area (Å²) in [5, 5.41) is 0.657. The molecule has 0 unspecified atom stereocenters. The zero-order chi connectivity index (χ0) is 11.4. The maximum absolute atomic E-state index is 5.30. The smallest absolute Gasteiger partial charge is 0.166 e. The van der Waals surface area contributed by atoms with E-state index in [4.69, 9.17) is 14.2 Å². The Hall–Kier alpha value is -0.420. The maximum Gasteiger partial charge on any atom is 0.166 e. The summed E-state index contributed by atoms with van der Waals surface area (Å²) >= 11 is 6.87. The van der Waals surface area contributed by atoms with Crippen LogP contribution < -0.4 is 14.2 Å². The molecule has 0 aliphatic heterocycles. The van der Waals surface area contributed by atoms with E-state index in [0.717, 1.165) is 15.8 Å². The van der Waals surface area contributed by atoms with Gasteiger partial charge in [0.15, 0.2) is 11.5 Å². The number of hydrogen-bond acceptors (Lipinski definition) is 3. The molecule has 1 aromatic rings. The van der Waals surface area contributed by atoms with Gasteiger partial charge in [0.1, 0.15) is 5.75 Å². The van der Waals surface area contributed by atoms with Crippen LogP contribution in [0.2, 0.25) is 0 Å². The standard InChI is InChI=1S/C10H12Br2O3/c1-13-7-4-8(14-2)10(15-3)6(5-11)9(7)12/h4H,5H2,1-3H3. The van der Waals surface area contributed by atoms with Gasteiger partial charge in [-0.3, -0.25) is 0 Å². The van der Waals surface area contributed by atoms with Gasteiger partial charge in [-0.2, -0.15) is 0 Å². The molecule has 0 N–H and O–H groups in total. The SMILES string of the molecule is COc1cc(OC)c(OC)c(CBr)c1Br. The molecule has 1 rings (SSSR count). The summed E-state index contributed by atoms with van der Waals surface area (Å²) in [6.45, 7) is 0. The van der Waals surface area contributed by atoms with Crippen LogP contribution in [0.25, 0.3) is 0 Å². The Labute approximate surface area is 106 Å². The van der Waals surface area contributed by atoms with Crippen LogP contribution in [0, 0.1) is 0 Å². The van der Waals surface area contributed by atoms with E-state index >= 15 is 0 Å². The second-order valence-electron chi connectivity index (χ2n) is 2.74. The molecule has 0 saturated heterocycles. The van der Waals surface area contributed by atoms with E-state index in [1.807, 2.05) is 0 Å². The summed E-state index contributed by atoms with van der Waals surface area (Å²) in [5.74, 6) is 2.09. The first kappa shape index (κ1) is 12.6. The topological polar surface area (TPSA) is 27.7 Å². The molecule has 5 heteroatoms. The molecular formula is C10H12Br2O3. The van der Waals surface area contributed by atoms with Crippen molar-refractivity contribution in [3.05, 3.63) is 16.1 Å². The van der Waals surface area contributed by atoms with Crippen LogP contribution in [-0.2, 0) is 5.33 Å². The van der Waals surface area contributed by atoms with Crippen LogP contribution in [-0.4, -0.2) is 21.3 Å². The summed E-state index contributed by atoms with van der Waals surface area (Å²) in [6.07, 6.45) is 0. The minimum absolute atomic E-state index is 0.657. The van der Waals surface area contributed by atoms with Gasteiger partial charge in [-0.15, -0.1) is 0 Å². The molecular weight excluding hydrogens is 328 g/mol. The number of alkyl halides is 1. The van der Waals surface area contributed by atoms with E-state index in [1.54, 1.807) is 27.4 Å². The summed E-state index contributed by atoms with van der Waals surface area (Å²) < 4.78 is 16.6. The molecule has 0 aliphatic carbocycles. The van der Waals surface area contributed by atoms with Crippen molar-refractivity contribution in [2.75, 3.05) is 21.3 Å². The Kier molecular flexibility index (Phi) is 4.73. The lowest BCUT2D eigenvalue weighted by Crippen LogP contribution is -1.98. The molecule has 15 heavy (non-hydrogen) atoms. The van der Waals surface area contributed by atoms with Crippen molar-refractivity contribution in [1.82, 2.24) is 0 Å². The lowest BCUT2D eigenvalue weighted by molar-refractivity contribution is 0.345. The first-order chi connectivity index (χ1) is 7.19. The molecule has 0 aliphatic rings. The average molecular weight is 340 g/mol. The molecule has 0 saturated carbocycles. The Morgan fingerprint density at radius 3 is 2.07 bits per heavy atom. The van der Waals surface area contributed by atoms with Crippen LogP contribution in [0.3, 0.4) is 0 Å². The largest absolute Gasteiger partial charge is 0.495 e. The summed E-state index contributed by atoms with van der Waals surface area (Å²) in [6, 6.07) is 1.79. The Bertz CT molecular complexity index is 353. The van der Waals surface area contributed by atoms with Crippen molar-refractivity contribution in [3.63, 3.8) is 0 Å². The normalized spacial score (nSPS) is 9.93. The van der Waals surface area contributed by atoms with Crippen molar-refractivity contribution in [1.29, 1.82) is 0 Å². The first-order valence-electron chi connectivity index (χ1n) is 4.22. The van der Waals surface area contributed by atoms with Crippen molar-refractivity contribution >= 4 is 31.9 Å². The number of benzene rings is 1. The third-order valence-electron chi connectivity index (χ3n) is 2.02. The van der Waals surface area contributed by atoms with Crippen LogP contribution in [0.1, 0.15) is 5.56 Å². The summed E-state index contributed by atoms with van der Waals surface area (Å²) in [5.41, 5.74) is 0.966. The van der Waals surface area contributed by atoms with Crippen molar-refractivity contribution in [2.24, 2.45) is 0 Å². The molecule has 0 amide bonds. The highest BCUT2D eigenvalue weighted by atomic mass is 79.9. The summed E-state index contributed by atoms with van der Waals surface area (Å²) in [7, 11) is 4.83. The van der Waals surface area contributed by atoms with E-state index in [1.165, 1.54) is 0 Å². The predicted molar refractivity (Wildman–Crippen MR) is 66.4 cm³/mol. The highest BCUT2D eigenvalue weighted by Gasteiger charge is 2.17. The number of rotatable bonds is 4. The van der Waals surface area contributed by atoms with Gasteiger partial charge in [0.2, 0.25) is 0 Å². The lowest BCUT2D eigenvalue weighted by atomic mass is 10.2. The number of halogens is 2. The van der Waals surface area contributed by atoms with Crippen LogP contribution in [0.5, 0.6) is 17.2 Å². The molecule has 0 heterocycles. The minimum atomic E-state index is 0.657. The molecule has 0 bridgehead atoms. The lowest BCUT2D eigenvalue weighted by Gasteiger charge is -2.15. The van der Waals surface area contributed by atoms with Crippen molar-refractivity contribution in [3.8, 4) is 17.2 Å². The quantitative estimate of drug-likeness (QED) is 0.787. The molecule has 3 nitrogen and oxygen atoms in total. The van der Waals surface area contributed by atoms with Crippen molar-refractivity contribution in [2.45, 2.75) is 5.33 Å². The van der Waals surface area contributed by atoms with Crippen LogP contribution >= 0.6 is 31.9 Å². The minimum Gasteiger partial charge on any atom is -0.495 e.